The van der Waals surface area contributed by atoms with E-state index >= 15 is 0 Å². The molecule has 1 unspecified atom stereocenters. The zero-order valence-corrected chi connectivity index (χ0v) is 13.8. The Bertz CT molecular complexity index is 236. The van der Waals surface area contributed by atoms with Gasteiger partial charge in [0.15, 0.2) is 5.96 Å². The van der Waals surface area contributed by atoms with Gasteiger partial charge in [0, 0.05) is 41.3 Å². The molecule has 1 aliphatic rings. The van der Waals surface area contributed by atoms with Gasteiger partial charge in [0.05, 0.1) is 19.3 Å². The second kappa shape index (κ2) is 8.10. The van der Waals surface area contributed by atoms with Gasteiger partial charge in [-0.25, -0.2) is 0 Å². The maximum atomic E-state index is 5.67. The van der Waals surface area contributed by atoms with Gasteiger partial charge >= 0.3 is 0 Å². The normalized spacial score (nSPS) is 20.4. The Morgan fingerprint density at radius 2 is 1.88 bits per heavy atom. The molecule has 17 heavy (non-hydrogen) atoms. The van der Waals surface area contributed by atoms with E-state index < -0.39 is 0 Å². The van der Waals surface area contributed by atoms with Crippen molar-refractivity contribution in [2.75, 3.05) is 61.5 Å². The summed E-state index contributed by atoms with van der Waals surface area (Å²) >= 11 is 0. The molecule has 0 bridgehead atoms. The van der Waals surface area contributed by atoms with Crippen LogP contribution in [-0.2, 0) is 4.74 Å². The predicted molar refractivity (Wildman–Crippen MR) is 82.3 cm³/mol. The first-order chi connectivity index (χ1) is 7.50. The number of morpholine rings is 1. The molecular formula is C11H25IN4O. The van der Waals surface area contributed by atoms with Crippen molar-refractivity contribution >= 4 is 29.9 Å². The summed E-state index contributed by atoms with van der Waals surface area (Å²) in [7, 11) is 10.1. The zero-order valence-electron chi connectivity index (χ0n) is 11.5. The Morgan fingerprint density at radius 1 is 1.29 bits per heavy atom. The Morgan fingerprint density at radius 3 is 2.35 bits per heavy atom. The Kier molecular flexibility index (Phi) is 8.06. The summed E-state index contributed by atoms with van der Waals surface area (Å²) < 4.78 is 5.67. The minimum Gasteiger partial charge on any atom is -0.374 e. The van der Waals surface area contributed by atoms with Gasteiger partial charge in [-0.3, -0.25) is 4.99 Å². The van der Waals surface area contributed by atoms with E-state index in [0.717, 1.165) is 32.2 Å². The van der Waals surface area contributed by atoms with Crippen LogP contribution in [-0.4, -0.2) is 88.2 Å². The summed E-state index contributed by atoms with van der Waals surface area (Å²) in [6, 6.07) is 0. The molecule has 1 saturated heterocycles. The molecule has 0 radical (unpaired) electrons. The molecule has 5 nitrogen and oxygen atoms in total. The highest BCUT2D eigenvalue weighted by Gasteiger charge is 2.17. The van der Waals surface area contributed by atoms with Crippen LogP contribution >= 0.6 is 24.0 Å². The van der Waals surface area contributed by atoms with Crippen molar-refractivity contribution < 1.29 is 4.74 Å². The van der Waals surface area contributed by atoms with E-state index in [4.69, 9.17) is 4.74 Å². The van der Waals surface area contributed by atoms with Gasteiger partial charge in [-0.05, 0) is 7.05 Å². The number of hydrogen-bond acceptors (Lipinski definition) is 3. The van der Waals surface area contributed by atoms with Crippen LogP contribution in [0.2, 0.25) is 0 Å². The lowest BCUT2D eigenvalue weighted by Crippen LogP contribution is -2.42. The number of rotatable bonds is 2. The van der Waals surface area contributed by atoms with Crippen molar-refractivity contribution in [1.29, 1.82) is 0 Å². The van der Waals surface area contributed by atoms with Crippen LogP contribution in [0.25, 0.3) is 0 Å². The average molecular weight is 356 g/mol. The van der Waals surface area contributed by atoms with Crippen molar-refractivity contribution in [3.05, 3.63) is 0 Å². The molecule has 0 N–H and O–H groups in total. The van der Waals surface area contributed by atoms with Crippen molar-refractivity contribution in [1.82, 2.24) is 14.7 Å². The molecule has 0 amide bonds. The van der Waals surface area contributed by atoms with Crippen LogP contribution in [0.5, 0.6) is 0 Å². The number of halogens is 1. The quantitative estimate of drug-likeness (QED) is 0.408. The smallest absolute Gasteiger partial charge is 0.195 e. The standard InChI is InChI=1S/C11H24N4O.HI/c1-13(2)11(14(3)4)12-8-10-9-15(5)6-7-16-10;/h10H,6-9H2,1-5H3;1H. The third-order valence-electron chi connectivity index (χ3n) is 2.58. The van der Waals surface area contributed by atoms with Crippen molar-refractivity contribution in [3.8, 4) is 0 Å². The third kappa shape index (κ3) is 5.87. The maximum Gasteiger partial charge on any atom is 0.195 e. The van der Waals surface area contributed by atoms with E-state index in [0.29, 0.717) is 0 Å². The fraction of sp³-hybridized carbons (Fsp3) is 0.909. The molecule has 1 heterocycles. The lowest BCUT2D eigenvalue weighted by molar-refractivity contribution is -0.0137. The highest BCUT2D eigenvalue weighted by molar-refractivity contribution is 14.0. The van der Waals surface area contributed by atoms with Crippen LogP contribution in [0, 0.1) is 0 Å². The number of aliphatic imine (C=N–C) groups is 1. The predicted octanol–water partition coefficient (Wildman–Crippen LogP) is 0.414. The minimum atomic E-state index is 0. The summed E-state index contributed by atoms with van der Waals surface area (Å²) in [4.78, 5) is 10.9. The molecule has 1 rings (SSSR count). The summed E-state index contributed by atoms with van der Waals surface area (Å²) in [6.45, 7) is 3.54. The van der Waals surface area contributed by atoms with E-state index in [2.05, 4.69) is 16.9 Å². The number of ether oxygens (including phenoxy) is 1. The molecule has 102 valence electrons. The van der Waals surface area contributed by atoms with Crippen LogP contribution < -0.4 is 0 Å². The Hall–Kier alpha value is -0.0800. The van der Waals surface area contributed by atoms with Crippen LogP contribution in [0.4, 0.5) is 0 Å². The zero-order chi connectivity index (χ0) is 12.1. The van der Waals surface area contributed by atoms with Gasteiger partial charge in [-0.1, -0.05) is 0 Å². The molecule has 1 atom stereocenters. The first-order valence-electron chi connectivity index (χ1n) is 5.70. The number of likely N-dealkylation sites (N-methyl/N-ethyl adjacent to an activating group) is 1. The van der Waals surface area contributed by atoms with Gasteiger partial charge in [0.25, 0.3) is 0 Å². The largest absolute Gasteiger partial charge is 0.374 e. The molecule has 0 spiro atoms. The van der Waals surface area contributed by atoms with Crippen LogP contribution in [0.1, 0.15) is 0 Å². The Balaban J connectivity index is 0.00000256. The van der Waals surface area contributed by atoms with E-state index in [9.17, 15) is 0 Å². The van der Waals surface area contributed by atoms with Crippen molar-refractivity contribution in [2.24, 2.45) is 4.99 Å². The maximum absolute atomic E-state index is 5.67. The number of nitrogens with zero attached hydrogens (tertiary/aromatic N) is 4. The number of hydrogen-bond donors (Lipinski definition) is 0. The molecule has 0 saturated carbocycles. The third-order valence-corrected chi connectivity index (χ3v) is 2.58. The minimum absolute atomic E-state index is 0. The monoisotopic (exact) mass is 356 g/mol. The van der Waals surface area contributed by atoms with Gasteiger partial charge in [-0.15, -0.1) is 24.0 Å². The summed E-state index contributed by atoms with van der Waals surface area (Å²) in [5.74, 6) is 0.983. The molecule has 0 aromatic heterocycles. The average Bonchev–Trinajstić information content (AvgIpc) is 2.16. The van der Waals surface area contributed by atoms with Gasteiger partial charge in [-0.2, -0.15) is 0 Å². The van der Waals surface area contributed by atoms with Gasteiger partial charge in [0.1, 0.15) is 0 Å². The summed E-state index contributed by atoms with van der Waals surface area (Å²) in [5, 5.41) is 0. The summed E-state index contributed by atoms with van der Waals surface area (Å²) in [5.41, 5.74) is 0. The van der Waals surface area contributed by atoms with E-state index in [-0.39, 0.29) is 30.1 Å². The SMILES string of the molecule is CN1CCOC(CN=C(N(C)C)N(C)C)C1.I. The lowest BCUT2D eigenvalue weighted by atomic mass is 10.3. The molecule has 0 aromatic rings. The van der Waals surface area contributed by atoms with Crippen molar-refractivity contribution in [2.45, 2.75) is 6.10 Å². The molecule has 0 aromatic carbocycles. The van der Waals surface area contributed by atoms with Crippen molar-refractivity contribution in [3.63, 3.8) is 0 Å². The second-order valence-corrected chi connectivity index (χ2v) is 4.68. The molecule has 0 aliphatic carbocycles. The highest BCUT2D eigenvalue weighted by Crippen LogP contribution is 2.03. The molecule has 1 fully saturated rings. The lowest BCUT2D eigenvalue weighted by Gasteiger charge is -2.30. The van der Waals surface area contributed by atoms with E-state index in [1.165, 1.54) is 0 Å². The Labute approximate surface area is 122 Å². The van der Waals surface area contributed by atoms with Gasteiger partial charge < -0.3 is 19.4 Å². The van der Waals surface area contributed by atoms with Crippen LogP contribution in [0.15, 0.2) is 4.99 Å². The first-order valence-corrected chi connectivity index (χ1v) is 5.70. The first kappa shape index (κ1) is 16.9. The fourth-order valence-corrected chi connectivity index (χ4v) is 1.84. The molecular weight excluding hydrogens is 331 g/mol. The fourth-order valence-electron chi connectivity index (χ4n) is 1.84. The highest BCUT2D eigenvalue weighted by atomic mass is 127. The van der Waals surface area contributed by atoms with E-state index in [1.54, 1.807) is 0 Å². The summed E-state index contributed by atoms with van der Waals surface area (Å²) in [6.07, 6.45) is 0.230. The van der Waals surface area contributed by atoms with E-state index in [1.807, 2.05) is 38.0 Å². The topological polar surface area (TPSA) is 31.3 Å². The molecule has 1 aliphatic heterocycles. The van der Waals surface area contributed by atoms with Crippen LogP contribution in [0.3, 0.4) is 0 Å². The van der Waals surface area contributed by atoms with Gasteiger partial charge in [0.2, 0.25) is 0 Å². The number of guanidine groups is 1. The second-order valence-electron chi connectivity index (χ2n) is 4.68. The molecule has 6 heteroatoms.